The molecule has 0 aliphatic carbocycles. The number of aromatic nitrogens is 1. The van der Waals surface area contributed by atoms with Crippen LogP contribution in [0.4, 0.5) is 5.69 Å². The molecule has 0 atom stereocenters. The third-order valence-electron chi connectivity index (χ3n) is 1.76. The Bertz CT molecular complexity index is 393. The summed E-state index contributed by atoms with van der Waals surface area (Å²) < 4.78 is 1.16. The molecule has 0 fully saturated rings. The standard InChI is InChI=1S/C8H8N2S.2C2H6/c1-5-2-3-6-8(7(5)9)10-4-11-6;2*1-2/h2-4H,9H2,1H3;2*1-2H3. The fraction of sp³-hybridized carbons (Fsp3) is 0.417. The van der Waals surface area contributed by atoms with Crippen molar-refractivity contribution in [2.75, 3.05) is 5.73 Å². The van der Waals surface area contributed by atoms with Crippen LogP contribution in [-0.2, 0) is 0 Å². The largest absolute Gasteiger partial charge is 0.397 e. The summed E-state index contributed by atoms with van der Waals surface area (Å²) in [6.07, 6.45) is 0. The van der Waals surface area contributed by atoms with Gasteiger partial charge >= 0.3 is 0 Å². The Kier molecular flexibility index (Phi) is 6.71. The first-order chi connectivity index (χ1) is 7.29. The first-order valence-corrected chi connectivity index (χ1v) is 6.25. The van der Waals surface area contributed by atoms with E-state index in [-0.39, 0.29) is 0 Å². The molecule has 3 heteroatoms. The van der Waals surface area contributed by atoms with Crippen molar-refractivity contribution >= 4 is 27.2 Å². The highest BCUT2D eigenvalue weighted by Gasteiger charge is 2.01. The zero-order valence-electron chi connectivity index (χ0n) is 10.2. The number of fused-ring (bicyclic) bond motifs is 1. The molecule has 0 spiro atoms. The summed E-state index contributed by atoms with van der Waals surface area (Å²) in [4.78, 5) is 4.17. The first kappa shape index (κ1) is 13.9. The molecule has 1 aromatic heterocycles. The smallest absolute Gasteiger partial charge is 0.104 e. The zero-order valence-corrected chi connectivity index (χ0v) is 11.0. The van der Waals surface area contributed by atoms with Crippen molar-refractivity contribution in [3.05, 3.63) is 23.2 Å². The molecule has 1 heterocycles. The quantitative estimate of drug-likeness (QED) is 0.680. The van der Waals surface area contributed by atoms with Gasteiger partial charge < -0.3 is 5.73 Å². The van der Waals surface area contributed by atoms with Crippen molar-refractivity contribution in [2.45, 2.75) is 34.6 Å². The van der Waals surface area contributed by atoms with Gasteiger partial charge in [0.15, 0.2) is 0 Å². The maximum absolute atomic E-state index is 5.81. The minimum Gasteiger partial charge on any atom is -0.397 e. The number of thiazole rings is 1. The Morgan fingerprint density at radius 1 is 1.13 bits per heavy atom. The van der Waals surface area contributed by atoms with Gasteiger partial charge in [-0.05, 0) is 18.6 Å². The third-order valence-corrected chi connectivity index (χ3v) is 2.55. The lowest BCUT2D eigenvalue weighted by Gasteiger charge is -1.97. The van der Waals surface area contributed by atoms with Crippen LogP contribution in [0.1, 0.15) is 33.3 Å². The van der Waals surface area contributed by atoms with Crippen molar-refractivity contribution in [1.82, 2.24) is 4.98 Å². The third kappa shape index (κ3) is 3.20. The average Bonchev–Trinajstić information content (AvgIpc) is 2.78. The molecule has 15 heavy (non-hydrogen) atoms. The predicted octanol–water partition coefficient (Wildman–Crippen LogP) is 4.24. The van der Waals surface area contributed by atoms with Gasteiger partial charge in [-0.1, -0.05) is 33.8 Å². The summed E-state index contributed by atoms with van der Waals surface area (Å²) in [6.45, 7) is 9.99. The summed E-state index contributed by atoms with van der Waals surface area (Å²) >= 11 is 1.62. The normalized spacial score (nSPS) is 8.60. The van der Waals surface area contributed by atoms with E-state index in [0.717, 1.165) is 21.5 Å². The van der Waals surface area contributed by atoms with Crippen LogP contribution in [-0.4, -0.2) is 4.98 Å². The Morgan fingerprint density at radius 3 is 2.33 bits per heavy atom. The van der Waals surface area contributed by atoms with Crippen LogP contribution in [0.2, 0.25) is 0 Å². The van der Waals surface area contributed by atoms with E-state index in [2.05, 4.69) is 11.1 Å². The van der Waals surface area contributed by atoms with Crippen LogP contribution < -0.4 is 5.73 Å². The molecule has 0 saturated heterocycles. The summed E-state index contributed by atoms with van der Waals surface area (Å²) in [5.41, 5.74) is 10.5. The number of nitrogens with two attached hydrogens (primary N) is 1. The van der Waals surface area contributed by atoms with E-state index < -0.39 is 0 Å². The molecule has 2 nitrogen and oxygen atoms in total. The SMILES string of the molecule is CC.CC.Cc1ccc2scnc2c1N. The zero-order chi connectivity index (χ0) is 11.8. The Morgan fingerprint density at radius 2 is 1.73 bits per heavy atom. The second-order valence-corrected chi connectivity index (χ2v) is 3.38. The van der Waals surface area contributed by atoms with Crippen LogP contribution in [0.3, 0.4) is 0 Å². The highest BCUT2D eigenvalue weighted by atomic mass is 32.1. The highest BCUT2D eigenvalue weighted by molar-refractivity contribution is 7.16. The van der Waals surface area contributed by atoms with Gasteiger partial charge in [-0.15, -0.1) is 11.3 Å². The van der Waals surface area contributed by atoms with Gasteiger partial charge in [-0.25, -0.2) is 4.98 Å². The minimum atomic E-state index is 0.809. The highest BCUT2D eigenvalue weighted by Crippen LogP contribution is 2.25. The topological polar surface area (TPSA) is 38.9 Å². The van der Waals surface area contributed by atoms with Crippen LogP contribution in [0.25, 0.3) is 10.2 Å². The Hall–Kier alpha value is -1.09. The number of hydrogen-bond acceptors (Lipinski definition) is 3. The van der Waals surface area contributed by atoms with E-state index in [4.69, 9.17) is 5.73 Å². The van der Waals surface area contributed by atoms with Crippen LogP contribution in [0.5, 0.6) is 0 Å². The predicted molar refractivity (Wildman–Crippen MR) is 71.5 cm³/mol. The van der Waals surface area contributed by atoms with Crippen molar-refractivity contribution in [3.8, 4) is 0 Å². The van der Waals surface area contributed by atoms with E-state index in [0.29, 0.717) is 0 Å². The first-order valence-electron chi connectivity index (χ1n) is 5.37. The summed E-state index contributed by atoms with van der Waals surface area (Å²) in [7, 11) is 0. The molecular formula is C12H20N2S. The van der Waals surface area contributed by atoms with Gasteiger partial charge in [0.1, 0.15) is 5.52 Å². The minimum absolute atomic E-state index is 0.809. The fourth-order valence-electron chi connectivity index (χ4n) is 1.05. The molecule has 0 radical (unpaired) electrons. The van der Waals surface area contributed by atoms with Gasteiger partial charge in [0, 0.05) is 0 Å². The maximum Gasteiger partial charge on any atom is 0.104 e. The molecule has 0 amide bonds. The summed E-state index contributed by atoms with van der Waals surface area (Å²) in [5, 5.41) is 0. The molecule has 2 aromatic rings. The lowest BCUT2D eigenvalue weighted by Crippen LogP contribution is -1.89. The molecule has 0 aliphatic heterocycles. The number of rotatable bonds is 0. The molecule has 2 rings (SSSR count). The number of nitrogens with zero attached hydrogens (tertiary/aromatic N) is 1. The van der Waals surface area contributed by atoms with E-state index in [9.17, 15) is 0 Å². The van der Waals surface area contributed by atoms with E-state index >= 15 is 0 Å². The Labute approximate surface area is 96.1 Å². The number of hydrogen-bond donors (Lipinski definition) is 1. The van der Waals surface area contributed by atoms with Gasteiger partial charge in [-0.3, -0.25) is 0 Å². The van der Waals surface area contributed by atoms with Gasteiger partial charge in [0.05, 0.1) is 15.9 Å². The molecule has 84 valence electrons. The molecule has 0 saturated carbocycles. The number of nitrogen functional groups attached to an aromatic ring is 1. The van der Waals surface area contributed by atoms with Gasteiger partial charge in [0.2, 0.25) is 0 Å². The lowest BCUT2D eigenvalue weighted by molar-refractivity contribution is 1.45. The van der Waals surface area contributed by atoms with Crippen molar-refractivity contribution in [2.24, 2.45) is 0 Å². The number of anilines is 1. The maximum atomic E-state index is 5.81. The van der Waals surface area contributed by atoms with Crippen LogP contribution in [0.15, 0.2) is 17.6 Å². The lowest BCUT2D eigenvalue weighted by atomic mass is 10.2. The van der Waals surface area contributed by atoms with Gasteiger partial charge in [-0.2, -0.15) is 0 Å². The van der Waals surface area contributed by atoms with Crippen molar-refractivity contribution < 1.29 is 0 Å². The number of benzene rings is 1. The second kappa shape index (κ2) is 7.23. The molecule has 0 bridgehead atoms. The van der Waals surface area contributed by atoms with Crippen molar-refractivity contribution in [3.63, 3.8) is 0 Å². The molecular weight excluding hydrogens is 204 g/mol. The molecule has 0 unspecified atom stereocenters. The van der Waals surface area contributed by atoms with E-state index in [1.54, 1.807) is 11.3 Å². The second-order valence-electron chi connectivity index (χ2n) is 2.50. The van der Waals surface area contributed by atoms with E-state index in [1.165, 1.54) is 0 Å². The Balaban J connectivity index is 0.000000442. The summed E-state index contributed by atoms with van der Waals surface area (Å²) in [5.74, 6) is 0. The molecule has 2 N–H and O–H groups in total. The average molecular weight is 224 g/mol. The van der Waals surface area contributed by atoms with Gasteiger partial charge in [0.25, 0.3) is 0 Å². The van der Waals surface area contributed by atoms with Crippen LogP contribution >= 0.6 is 11.3 Å². The van der Waals surface area contributed by atoms with Crippen LogP contribution in [0, 0.1) is 6.92 Å². The van der Waals surface area contributed by atoms with Crippen molar-refractivity contribution in [1.29, 1.82) is 0 Å². The molecule has 1 aromatic carbocycles. The van der Waals surface area contributed by atoms with E-state index in [1.807, 2.05) is 46.2 Å². The number of aryl methyl sites for hydroxylation is 1. The monoisotopic (exact) mass is 224 g/mol. The fourth-order valence-corrected chi connectivity index (χ4v) is 1.75. The molecule has 0 aliphatic rings. The summed E-state index contributed by atoms with van der Waals surface area (Å²) in [6, 6.07) is 4.08.